The van der Waals surface area contributed by atoms with E-state index in [-0.39, 0.29) is 17.6 Å². The third-order valence-corrected chi connectivity index (χ3v) is 8.25. The number of allylic oxidation sites excluding steroid dienone is 1. The van der Waals surface area contributed by atoms with Crippen LogP contribution in [-0.2, 0) is 24.5 Å². The molecule has 0 radical (unpaired) electrons. The first-order valence-electron chi connectivity index (χ1n) is 14.2. The van der Waals surface area contributed by atoms with Gasteiger partial charge in [0.05, 0.1) is 18.8 Å². The van der Waals surface area contributed by atoms with Crippen molar-refractivity contribution in [3.05, 3.63) is 112 Å². The number of halogens is 1. The molecule has 42 heavy (non-hydrogen) atoms. The van der Waals surface area contributed by atoms with Crippen molar-refractivity contribution in [1.29, 1.82) is 0 Å². The molecule has 2 amide bonds. The van der Waals surface area contributed by atoms with E-state index in [2.05, 4.69) is 45.9 Å². The molecule has 3 aromatic rings. The number of hydrogen-bond acceptors (Lipinski definition) is 5. The molecule has 2 saturated heterocycles. The minimum absolute atomic E-state index is 0.142. The third kappa shape index (κ3) is 5.58. The maximum atomic E-state index is 14.4. The van der Waals surface area contributed by atoms with Gasteiger partial charge < -0.3 is 19.9 Å². The molecule has 8 nitrogen and oxygen atoms in total. The highest BCUT2D eigenvalue weighted by Gasteiger charge is 2.39. The van der Waals surface area contributed by atoms with Gasteiger partial charge in [-0.25, -0.2) is 9.24 Å². The molecule has 3 aliphatic heterocycles. The van der Waals surface area contributed by atoms with E-state index < -0.39 is 6.04 Å². The highest BCUT2D eigenvalue weighted by molar-refractivity contribution is 6.02. The summed E-state index contributed by atoms with van der Waals surface area (Å²) in [7, 11) is 0. The van der Waals surface area contributed by atoms with Crippen LogP contribution in [0.5, 0.6) is 5.75 Å². The number of rotatable bonds is 7. The third-order valence-electron chi connectivity index (χ3n) is 8.25. The molecule has 9 heteroatoms. The lowest BCUT2D eigenvalue weighted by molar-refractivity contribution is -0.126. The lowest BCUT2D eigenvalue weighted by Gasteiger charge is -2.36. The molecule has 3 heterocycles. The molecule has 6 rings (SSSR count). The summed E-state index contributed by atoms with van der Waals surface area (Å²) in [5, 5.41) is 2.77. The molecule has 3 aliphatic rings. The van der Waals surface area contributed by atoms with Crippen LogP contribution in [0, 0.1) is 12.4 Å². The highest BCUT2D eigenvalue weighted by Crippen LogP contribution is 2.34. The molecule has 214 valence electrons. The molecule has 1 unspecified atom stereocenters. The number of benzene rings is 3. The summed E-state index contributed by atoms with van der Waals surface area (Å²) in [6.07, 6.45) is 1.23. The number of ether oxygens (including phenoxy) is 1. The molecule has 2 fully saturated rings. The smallest absolute Gasteiger partial charge is 0.255 e. The summed E-state index contributed by atoms with van der Waals surface area (Å²) >= 11 is 0. The number of piperazine rings is 1. The van der Waals surface area contributed by atoms with Gasteiger partial charge in [-0.1, -0.05) is 43.0 Å². The van der Waals surface area contributed by atoms with Crippen molar-refractivity contribution in [1.82, 2.24) is 15.1 Å². The molecular weight excluding hydrogens is 533 g/mol. The molecule has 0 saturated carbocycles. The Morgan fingerprint density at radius 2 is 1.79 bits per heavy atom. The van der Waals surface area contributed by atoms with Gasteiger partial charge in [-0.2, -0.15) is 0 Å². The summed E-state index contributed by atoms with van der Waals surface area (Å²) < 4.78 is 20.6. The van der Waals surface area contributed by atoms with Gasteiger partial charge in [0.15, 0.2) is 5.69 Å². The molecular formula is C33H32FN5O3. The Hall–Kier alpha value is -4.68. The minimum atomic E-state index is -0.503. The van der Waals surface area contributed by atoms with Crippen LogP contribution in [0.4, 0.5) is 15.8 Å². The standard InChI is InChI=1S/C33H32FN5O3/c1-22-6-12-30(32(40)36-22)39-20-27-26(33(39)41)4-3-5-31(27)42-21-24-9-7-23(8-10-24)19-37-14-16-38(17-15-37)29-13-11-25(35-2)18-28(29)34/h3-5,7-11,13,18,30H,1,6,12,14-17,19-21H2,(H,36,40). The Morgan fingerprint density at radius 1 is 1.02 bits per heavy atom. The predicted octanol–water partition coefficient (Wildman–Crippen LogP) is 5.03. The van der Waals surface area contributed by atoms with Gasteiger partial charge in [0, 0.05) is 49.5 Å². The number of carbonyl (C=O) groups excluding carboxylic acids is 2. The number of piperidine rings is 1. The van der Waals surface area contributed by atoms with Crippen LogP contribution >= 0.6 is 0 Å². The monoisotopic (exact) mass is 565 g/mol. The van der Waals surface area contributed by atoms with Crippen molar-refractivity contribution in [2.75, 3.05) is 31.1 Å². The van der Waals surface area contributed by atoms with Gasteiger partial charge in [-0.05, 0) is 48.2 Å². The van der Waals surface area contributed by atoms with E-state index in [1.165, 1.54) is 11.6 Å². The van der Waals surface area contributed by atoms with Crippen LogP contribution in [0.15, 0.2) is 72.9 Å². The fourth-order valence-corrected chi connectivity index (χ4v) is 5.90. The fourth-order valence-electron chi connectivity index (χ4n) is 5.90. The summed E-state index contributed by atoms with van der Waals surface area (Å²) in [4.78, 5) is 35.0. The number of fused-ring (bicyclic) bond motifs is 1. The SMILES string of the molecule is [C-]#[N+]c1ccc(N2CCN(Cc3ccc(COc4cccc5c4CN(C4CCC(=C)NC4=O)C5=O)cc3)CC2)c(F)c1. The van der Waals surface area contributed by atoms with E-state index >= 15 is 0 Å². The van der Waals surface area contributed by atoms with Crippen molar-refractivity contribution in [2.45, 2.75) is 38.6 Å². The minimum Gasteiger partial charge on any atom is -0.489 e. The number of nitrogens with one attached hydrogen (secondary N) is 1. The van der Waals surface area contributed by atoms with Crippen molar-refractivity contribution >= 4 is 23.2 Å². The van der Waals surface area contributed by atoms with Crippen molar-refractivity contribution in [2.24, 2.45) is 0 Å². The zero-order valence-corrected chi connectivity index (χ0v) is 23.3. The maximum absolute atomic E-state index is 14.4. The van der Waals surface area contributed by atoms with Crippen LogP contribution in [0.1, 0.15) is 39.9 Å². The van der Waals surface area contributed by atoms with Gasteiger partial charge in [0.2, 0.25) is 5.91 Å². The first kappa shape index (κ1) is 27.5. The molecule has 3 aromatic carbocycles. The van der Waals surface area contributed by atoms with E-state index in [1.807, 2.05) is 17.0 Å². The van der Waals surface area contributed by atoms with E-state index in [1.54, 1.807) is 23.1 Å². The van der Waals surface area contributed by atoms with Gasteiger partial charge >= 0.3 is 0 Å². The fraction of sp³-hybridized carbons (Fsp3) is 0.303. The molecule has 1 N–H and O–H groups in total. The average molecular weight is 566 g/mol. The van der Waals surface area contributed by atoms with E-state index in [0.717, 1.165) is 43.9 Å². The van der Waals surface area contributed by atoms with Gasteiger partial charge in [0.25, 0.3) is 5.91 Å². The molecule has 1 atom stereocenters. The van der Waals surface area contributed by atoms with Gasteiger partial charge in [-0.3, -0.25) is 14.5 Å². The number of carbonyl (C=O) groups is 2. The zero-order valence-electron chi connectivity index (χ0n) is 23.3. The van der Waals surface area contributed by atoms with Crippen LogP contribution in [0.2, 0.25) is 0 Å². The van der Waals surface area contributed by atoms with E-state index in [9.17, 15) is 14.0 Å². The van der Waals surface area contributed by atoms with Gasteiger partial charge in [-0.15, -0.1) is 0 Å². The first-order chi connectivity index (χ1) is 20.4. The normalized spacial score (nSPS) is 19.0. The summed E-state index contributed by atoms with van der Waals surface area (Å²) in [6.45, 7) is 15.5. The Kier molecular flexibility index (Phi) is 7.64. The Morgan fingerprint density at radius 3 is 2.50 bits per heavy atom. The average Bonchev–Trinajstić information content (AvgIpc) is 3.33. The largest absolute Gasteiger partial charge is 0.489 e. The number of anilines is 1. The Balaban J connectivity index is 1.02. The molecule has 0 aliphatic carbocycles. The summed E-state index contributed by atoms with van der Waals surface area (Å²) in [6, 6.07) is 18.0. The second-order valence-electron chi connectivity index (χ2n) is 11.0. The molecule has 0 aromatic heterocycles. The van der Waals surface area contributed by atoms with Crippen LogP contribution in [-0.4, -0.2) is 53.8 Å². The van der Waals surface area contributed by atoms with Crippen LogP contribution < -0.4 is 15.0 Å². The summed E-state index contributed by atoms with van der Waals surface area (Å²) in [5.74, 6) is -0.0112. The van der Waals surface area contributed by atoms with Crippen molar-refractivity contribution < 1.29 is 18.7 Å². The zero-order chi connectivity index (χ0) is 29.2. The Labute approximate surface area is 244 Å². The predicted molar refractivity (Wildman–Crippen MR) is 158 cm³/mol. The first-order valence-corrected chi connectivity index (χ1v) is 14.2. The Bertz CT molecular complexity index is 1570. The van der Waals surface area contributed by atoms with Crippen molar-refractivity contribution in [3.63, 3.8) is 0 Å². The second kappa shape index (κ2) is 11.7. The lowest BCUT2D eigenvalue weighted by atomic mass is 10.0. The van der Waals surface area contributed by atoms with Crippen LogP contribution in [0.3, 0.4) is 0 Å². The molecule has 0 spiro atoms. The van der Waals surface area contributed by atoms with Crippen molar-refractivity contribution in [3.8, 4) is 5.75 Å². The number of amides is 2. The lowest BCUT2D eigenvalue weighted by Crippen LogP contribution is -2.49. The van der Waals surface area contributed by atoms with E-state index in [4.69, 9.17) is 11.3 Å². The van der Waals surface area contributed by atoms with E-state index in [0.29, 0.717) is 54.4 Å². The van der Waals surface area contributed by atoms with Gasteiger partial charge in [0.1, 0.15) is 24.2 Å². The second-order valence-corrected chi connectivity index (χ2v) is 11.0. The van der Waals surface area contributed by atoms with Crippen LogP contribution in [0.25, 0.3) is 4.85 Å². The quantitative estimate of drug-likeness (QED) is 0.408. The number of hydrogen-bond donors (Lipinski definition) is 1. The summed E-state index contributed by atoms with van der Waals surface area (Å²) in [5.41, 5.74) is 5.17. The maximum Gasteiger partial charge on any atom is 0.255 e. The molecule has 0 bridgehead atoms. The topological polar surface area (TPSA) is 69.5 Å². The highest BCUT2D eigenvalue weighted by atomic mass is 19.1. The number of nitrogens with zero attached hydrogens (tertiary/aromatic N) is 4.